The third-order valence-corrected chi connectivity index (χ3v) is 3.68. The van der Waals surface area contributed by atoms with E-state index >= 15 is 0 Å². The lowest BCUT2D eigenvalue weighted by Gasteiger charge is -2.37. The number of fused-ring (bicyclic) bond motifs is 1. The summed E-state index contributed by atoms with van der Waals surface area (Å²) in [5.74, 6) is 0.141. The third-order valence-electron chi connectivity index (χ3n) is 3.68. The molecule has 1 aliphatic heterocycles. The molecule has 18 heavy (non-hydrogen) atoms. The normalized spacial score (nSPS) is 22.5. The number of halogens is 1. The molecule has 1 heterocycles. The molecule has 0 bridgehead atoms. The molecule has 0 saturated carbocycles. The van der Waals surface area contributed by atoms with E-state index in [1.807, 2.05) is 6.92 Å². The molecule has 1 aromatic rings. The predicted molar refractivity (Wildman–Crippen MR) is 68.5 cm³/mol. The van der Waals surface area contributed by atoms with Crippen LogP contribution in [0.15, 0.2) is 18.2 Å². The average Bonchev–Trinajstić information content (AvgIpc) is 2.37. The monoisotopic (exact) mass is 250 g/mol. The maximum absolute atomic E-state index is 13.1. The molecule has 1 aliphatic rings. The van der Waals surface area contributed by atoms with Gasteiger partial charge in [-0.3, -0.25) is 4.79 Å². The van der Waals surface area contributed by atoms with E-state index < -0.39 is 5.60 Å². The topological polar surface area (TPSA) is 26.3 Å². The average molecular weight is 250 g/mol. The summed E-state index contributed by atoms with van der Waals surface area (Å²) >= 11 is 0. The minimum absolute atomic E-state index is 0.00583. The van der Waals surface area contributed by atoms with Gasteiger partial charge in [0.15, 0.2) is 5.78 Å². The second-order valence-corrected chi connectivity index (χ2v) is 4.98. The Labute approximate surface area is 107 Å². The van der Waals surface area contributed by atoms with E-state index in [0.717, 1.165) is 25.7 Å². The Kier molecular flexibility index (Phi) is 3.69. The number of hydrogen-bond acceptors (Lipinski definition) is 2. The fraction of sp³-hybridized carbons (Fsp3) is 0.533. The zero-order valence-electron chi connectivity index (χ0n) is 11.0. The summed E-state index contributed by atoms with van der Waals surface area (Å²) in [5, 5.41) is 0. The van der Waals surface area contributed by atoms with Crippen LogP contribution in [0.25, 0.3) is 0 Å². The molecule has 1 unspecified atom stereocenters. The van der Waals surface area contributed by atoms with Crippen molar-refractivity contribution in [2.75, 3.05) is 0 Å². The number of hydrogen-bond donors (Lipinski definition) is 0. The van der Waals surface area contributed by atoms with Gasteiger partial charge in [-0.2, -0.15) is 0 Å². The molecule has 0 saturated heterocycles. The molecule has 3 heteroatoms. The summed E-state index contributed by atoms with van der Waals surface area (Å²) in [4.78, 5) is 12.1. The molecular formula is C15H19FO2. The molecule has 2 rings (SSSR count). The highest BCUT2D eigenvalue weighted by atomic mass is 19.1. The van der Waals surface area contributed by atoms with E-state index in [2.05, 4.69) is 6.92 Å². The Bertz CT molecular complexity index is 456. The zero-order chi connectivity index (χ0) is 13.2. The number of unbranched alkanes of at least 4 members (excludes halogenated alkanes) is 1. The Morgan fingerprint density at radius 2 is 2.17 bits per heavy atom. The van der Waals surface area contributed by atoms with Gasteiger partial charge in [0.25, 0.3) is 0 Å². The smallest absolute Gasteiger partial charge is 0.170 e. The number of carbonyl (C=O) groups is 1. The summed E-state index contributed by atoms with van der Waals surface area (Å²) in [6, 6.07) is 4.19. The Hall–Kier alpha value is -1.38. The first kappa shape index (κ1) is 13.1. The lowest BCUT2D eigenvalue weighted by molar-refractivity contribution is 0.0299. The van der Waals surface area contributed by atoms with Crippen molar-refractivity contribution >= 4 is 5.78 Å². The molecule has 0 radical (unpaired) electrons. The minimum Gasteiger partial charge on any atom is -0.486 e. The van der Waals surface area contributed by atoms with E-state index in [-0.39, 0.29) is 11.6 Å². The molecule has 0 spiro atoms. The van der Waals surface area contributed by atoms with E-state index in [1.165, 1.54) is 12.1 Å². The molecule has 0 fully saturated rings. The summed E-state index contributed by atoms with van der Waals surface area (Å²) in [5.41, 5.74) is -0.00616. The van der Waals surface area contributed by atoms with Gasteiger partial charge in [0.1, 0.15) is 17.2 Å². The highest BCUT2D eigenvalue weighted by Gasteiger charge is 2.38. The summed E-state index contributed by atoms with van der Waals surface area (Å²) < 4.78 is 19.1. The van der Waals surface area contributed by atoms with Crippen LogP contribution in [0.2, 0.25) is 0 Å². The van der Waals surface area contributed by atoms with Crippen LogP contribution in [-0.2, 0) is 0 Å². The Morgan fingerprint density at radius 1 is 1.39 bits per heavy atom. The second-order valence-electron chi connectivity index (χ2n) is 4.98. The first-order chi connectivity index (χ1) is 8.60. The number of ketones is 1. The van der Waals surface area contributed by atoms with Crippen LogP contribution in [0.3, 0.4) is 0 Å². The number of Topliss-reactive ketones (excluding diaryl/α,β-unsaturated/α-hetero) is 1. The standard InChI is InChI=1S/C15H19FO2/c1-3-5-8-15(4-2)10-13(17)12-9-11(16)6-7-14(12)18-15/h6-7,9H,3-5,8,10H2,1-2H3. The first-order valence-electron chi connectivity index (χ1n) is 6.62. The molecule has 0 aromatic heterocycles. The largest absolute Gasteiger partial charge is 0.486 e. The van der Waals surface area contributed by atoms with Crippen molar-refractivity contribution in [3.05, 3.63) is 29.6 Å². The highest BCUT2D eigenvalue weighted by Crippen LogP contribution is 2.38. The number of benzene rings is 1. The Balaban J connectivity index is 2.31. The van der Waals surface area contributed by atoms with Crippen molar-refractivity contribution in [1.29, 1.82) is 0 Å². The van der Waals surface area contributed by atoms with Gasteiger partial charge in [-0.25, -0.2) is 4.39 Å². The molecule has 0 aliphatic carbocycles. The summed E-state index contributed by atoms with van der Waals surface area (Å²) in [7, 11) is 0. The SMILES string of the molecule is CCCCC1(CC)CC(=O)c2cc(F)ccc2O1. The molecule has 1 atom stereocenters. The van der Waals surface area contributed by atoms with Crippen molar-refractivity contribution in [2.24, 2.45) is 0 Å². The Morgan fingerprint density at radius 3 is 2.83 bits per heavy atom. The van der Waals surface area contributed by atoms with E-state index in [1.54, 1.807) is 6.07 Å². The van der Waals surface area contributed by atoms with E-state index in [4.69, 9.17) is 4.74 Å². The van der Waals surface area contributed by atoms with Crippen molar-refractivity contribution in [3.63, 3.8) is 0 Å². The van der Waals surface area contributed by atoms with E-state index in [9.17, 15) is 9.18 Å². The number of ether oxygens (including phenoxy) is 1. The maximum atomic E-state index is 13.1. The van der Waals surface area contributed by atoms with Crippen LogP contribution >= 0.6 is 0 Å². The zero-order valence-corrected chi connectivity index (χ0v) is 11.0. The van der Waals surface area contributed by atoms with Gasteiger partial charge < -0.3 is 4.74 Å². The molecular weight excluding hydrogens is 231 g/mol. The molecule has 2 nitrogen and oxygen atoms in total. The fourth-order valence-corrected chi connectivity index (χ4v) is 2.48. The van der Waals surface area contributed by atoms with Crippen LogP contribution in [0.1, 0.15) is 56.3 Å². The van der Waals surface area contributed by atoms with Gasteiger partial charge in [0, 0.05) is 0 Å². The van der Waals surface area contributed by atoms with Crippen LogP contribution < -0.4 is 4.74 Å². The lowest BCUT2D eigenvalue weighted by atomic mass is 9.84. The van der Waals surface area contributed by atoms with Gasteiger partial charge in [-0.1, -0.05) is 20.3 Å². The molecule has 1 aromatic carbocycles. The molecule has 98 valence electrons. The van der Waals surface area contributed by atoms with Crippen molar-refractivity contribution < 1.29 is 13.9 Å². The van der Waals surface area contributed by atoms with Gasteiger partial charge in [0.05, 0.1) is 12.0 Å². The van der Waals surface area contributed by atoms with Crippen LogP contribution in [-0.4, -0.2) is 11.4 Å². The van der Waals surface area contributed by atoms with Crippen molar-refractivity contribution in [2.45, 2.75) is 51.6 Å². The van der Waals surface area contributed by atoms with Crippen LogP contribution in [0.5, 0.6) is 5.75 Å². The molecule has 0 amide bonds. The van der Waals surface area contributed by atoms with E-state index in [0.29, 0.717) is 17.7 Å². The third kappa shape index (κ3) is 2.40. The fourth-order valence-electron chi connectivity index (χ4n) is 2.48. The highest BCUT2D eigenvalue weighted by molar-refractivity contribution is 6.00. The summed E-state index contributed by atoms with van der Waals surface area (Å²) in [6.07, 6.45) is 4.16. The maximum Gasteiger partial charge on any atom is 0.170 e. The van der Waals surface area contributed by atoms with Crippen LogP contribution in [0.4, 0.5) is 4.39 Å². The van der Waals surface area contributed by atoms with Gasteiger partial charge >= 0.3 is 0 Å². The number of rotatable bonds is 4. The minimum atomic E-state index is -0.391. The van der Waals surface area contributed by atoms with Crippen LogP contribution in [0, 0.1) is 5.82 Å². The number of carbonyl (C=O) groups excluding carboxylic acids is 1. The summed E-state index contributed by atoms with van der Waals surface area (Å²) in [6.45, 7) is 4.16. The van der Waals surface area contributed by atoms with Crippen molar-refractivity contribution in [1.82, 2.24) is 0 Å². The van der Waals surface area contributed by atoms with Gasteiger partial charge in [-0.15, -0.1) is 0 Å². The first-order valence-corrected chi connectivity index (χ1v) is 6.62. The quantitative estimate of drug-likeness (QED) is 0.803. The molecule has 0 N–H and O–H groups in total. The van der Waals surface area contributed by atoms with Gasteiger partial charge in [-0.05, 0) is 37.5 Å². The second kappa shape index (κ2) is 5.09. The predicted octanol–water partition coefficient (Wildman–Crippen LogP) is 4.13. The lowest BCUT2D eigenvalue weighted by Crippen LogP contribution is -2.41. The van der Waals surface area contributed by atoms with Crippen molar-refractivity contribution in [3.8, 4) is 5.75 Å². The van der Waals surface area contributed by atoms with Gasteiger partial charge in [0.2, 0.25) is 0 Å².